The number of nitrogens with zero attached hydrogens (tertiary/aromatic N) is 3. The van der Waals surface area contributed by atoms with Crippen LogP contribution in [0, 0.1) is 0 Å². The molecule has 1 fully saturated rings. The quantitative estimate of drug-likeness (QED) is 0.268. The normalized spacial score (nSPS) is 13.2. The number of hydrogen-bond acceptors (Lipinski definition) is 7. The highest BCUT2D eigenvalue weighted by Gasteiger charge is 2.19. The number of aliphatic carboxylic acids is 4. The van der Waals surface area contributed by atoms with Crippen LogP contribution in [0.5, 0.6) is 0 Å². The fourth-order valence-electron chi connectivity index (χ4n) is 4.05. The first-order valence-electron chi connectivity index (χ1n) is 13.3. The van der Waals surface area contributed by atoms with E-state index in [4.69, 9.17) is 25.4 Å². The largest absolute Gasteiger partial charge is 0.478 e. The Balaban J connectivity index is 0.000000319. The third-order valence-electron chi connectivity index (χ3n) is 6.05. The lowest BCUT2D eigenvalue weighted by Crippen LogP contribution is -2.46. The standard InChI is InChI=1S/C23H27N3.2C4H4O4/c1-2-3-13-25-14-16-26(17-15-25)23-18-21(19-9-5-4-6-10-19)20-11-7-8-12-22(20)24-23;2*5-3(6)1-2-4(7)8/h4-12,18H,2-3,13-17H2,1H3;2*1-2H,(H,5,6)(H,7,8)/b;2*2-1-. The van der Waals surface area contributed by atoms with Crippen molar-refractivity contribution in [3.63, 3.8) is 0 Å². The van der Waals surface area contributed by atoms with Crippen LogP contribution >= 0.6 is 0 Å². The molecule has 0 aliphatic carbocycles. The number of para-hydroxylation sites is 1. The minimum atomic E-state index is -1.26. The van der Waals surface area contributed by atoms with E-state index in [-0.39, 0.29) is 0 Å². The SMILES string of the molecule is CCCCN1CCN(c2cc(-c3ccccc3)c3ccccc3n2)CC1.O=C(O)/C=C\C(=O)O.O=C(O)/C=C\C(=O)O. The molecule has 11 heteroatoms. The zero-order valence-corrected chi connectivity index (χ0v) is 23.3. The molecule has 0 atom stereocenters. The van der Waals surface area contributed by atoms with Gasteiger partial charge >= 0.3 is 23.9 Å². The van der Waals surface area contributed by atoms with Crippen molar-refractivity contribution in [1.82, 2.24) is 9.88 Å². The lowest BCUT2D eigenvalue weighted by atomic mass is 10.0. The summed E-state index contributed by atoms with van der Waals surface area (Å²) in [6.07, 6.45) is 4.80. The second kappa shape index (κ2) is 17.6. The predicted molar refractivity (Wildman–Crippen MR) is 160 cm³/mol. The van der Waals surface area contributed by atoms with E-state index < -0.39 is 23.9 Å². The Hall–Kier alpha value is -5.03. The Labute approximate surface area is 243 Å². The maximum atomic E-state index is 9.55. The summed E-state index contributed by atoms with van der Waals surface area (Å²) in [5, 5.41) is 32.5. The van der Waals surface area contributed by atoms with Crippen LogP contribution in [0.2, 0.25) is 0 Å². The molecule has 0 saturated carbocycles. The number of anilines is 1. The average molecular weight is 578 g/mol. The molecule has 1 aliphatic rings. The van der Waals surface area contributed by atoms with Gasteiger partial charge in [0.2, 0.25) is 0 Å². The lowest BCUT2D eigenvalue weighted by molar-refractivity contribution is -0.134. The van der Waals surface area contributed by atoms with Gasteiger partial charge in [-0.2, -0.15) is 0 Å². The molecule has 0 unspecified atom stereocenters. The maximum Gasteiger partial charge on any atom is 0.328 e. The fourth-order valence-corrected chi connectivity index (χ4v) is 4.05. The van der Waals surface area contributed by atoms with Gasteiger partial charge in [0.25, 0.3) is 0 Å². The van der Waals surface area contributed by atoms with Crippen LogP contribution in [-0.2, 0) is 19.2 Å². The van der Waals surface area contributed by atoms with Gasteiger partial charge in [-0.3, -0.25) is 4.90 Å². The molecule has 1 aliphatic heterocycles. The monoisotopic (exact) mass is 577 g/mol. The molecule has 4 N–H and O–H groups in total. The summed E-state index contributed by atoms with van der Waals surface area (Å²) in [5.41, 5.74) is 3.62. The molecular weight excluding hydrogens is 542 g/mol. The summed E-state index contributed by atoms with van der Waals surface area (Å²) >= 11 is 0. The minimum Gasteiger partial charge on any atom is -0.478 e. The van der Waals surface area contributed by atoms with Crippen LogP contribution in [0.15, 0.2) is 85.0 Å². The van der Waals surface area contributed by atoms with E-state index >= 15 is 0 Å². The van der Waals surface area contributed by atoms with Crippen LogP contribution in [-0.4, -0.2) is 86.9 Å². The number of piperazine rings is 1. The van der Waals surface area contributed by atoms with Gasteiger partial charge in [-0.15, -0.1) is 0 Å². The van der Waals surface area contributed by atoms with Gasteiger partial charge in [0.1, 0.15) is 5.82 Å². The second-order valence-corrected chi connectivity index (χ2v) is 9.11. The molecule has 42 heavy (non-hydrogen) atoms. The van der Waals surface area contributed by atoms with Crippen molar-refractivity contribution in [2.24, 2.45) is 0 Å². The molecule has 0 spiro atoms. The first-order chi connectivity index (χ1) is 20.1. The number of fused-ring (bicyclic) bond motifs is 1. The topological polar surface area (TPSA) is 169 Å². The number of pyridine rings is 1. The molecule has 2 aromatic carbocycles. The number of carboxylic acids is 4. The molecular formula is C31H35N3O8. The maximum absolute atomic E-state index is 9.55. The number of aromatic nitrogens is 1. The summed E-state index contributed by atoms with van der Waals surface area (Å²) < 4.78 is 0. The third-order valence-corrected chi connectivity index (χ3v) is 6.05. The summed E-state index contributed by atoms with van der Waals surface area (Å²) in [6.45, 7) is 7.88. The molecule has 0 bridgehead atoms. The third kappa shape index (κ3) is 12.0. The van der Waals surface area contributed by atoms with Crippen molar-refractivity contribution in [2.45, 2.75) is 19.8 Å². The number of benzene rings is 2. The van der Waals surface area contributed by atoms with Crippen molar-refractivity contribution >= 4 is 40.6 Å². The predicted octanol–water partition coefficient (Wildman–Crippen LogP) is 4.25. The molecule has 11 nitrogen and oxygen atoms in total. The molecule has 3 aromatic rings. The Morgan fingerprint density at radius 3 is 1.74 bits per heavy atom. The van der Waals surface area contributed by atoms with Crippen LogP contribution in [0.1, 0.15) is 19.8 Å². The van der Waals surface area contributed by atoms with Crippen LogP contribution in [0.25, 0.3) is 22.0 Å². The average Bonchev–Trinajstić information content (AvgIpc) is 2.99. The molecule has 0 radical (unpaired) electrons. The number of hydrogen-bond donors (Lipinski definition) is 4. The molecule has 2 heterocycles. The number of rotatable bonds is 9. The minimum absolute atomic E-state index is 0.558. The van der Waals surface area contributed by atoms with Crippen LogP contribution in [0.3, 0.4) is 0 Å². The summed E-state index contributed by atoms with van der Waals surface area (Å²) in [7, 11) is 0. The van der Waals surface area contributed by atoms with E-state index in [0.29, 0.717) is 24.3 Å². The first-order valence-corrected chi connectivity index (χ1v) is 13.3. The number of carboxylic acid groups (broad SMARTS) is 4. The smallest absolute Gasteiger partial charge is 0.328 e. The molecule has 222 valence electrons. The Morgan fingerprint density at radius 2 is 1.24 bits per heavy atom. The van der Waals surface area contributed by atoms with Crippen molar-refractivity contribution in [1.29, 1.82) is 0 Å². The van der Waals surface area contributed by atoms with Crippen LogP contribution in [0.4, 0.5) is 5.82 Å². The summed E-state index contributed by atoms with van der Waals surface area (Å²) in [5.74, 6) is -3.92. The van der Waals surface area contributed by atoms with Crippen molar-refractivity contribution < 1.29 is 39.6 Å². The molecule has 4 rings (SSSR count). The van der Waals surface area contributed by atoms with Gasteiger partial charge < -0.3 is 25.3 Å². The van der Waals surface area contributed by atoms with E-state index in [9.17, 15) is 19.2 Å². The van der Waals surface area contributed by atoms with Gasteiger partial charge in [0, 0.05) is 55.9 Å². The Morgan fingerprint density at radius 1 is 0.738 bits per heavy atom. The molecule has 1 aromatic heterocycles. The molecule has 0 amide bonds. The van der Waals surface area contributed by atoms with Gasteiger partial charge in [-0.25, -0.2) is 24.2 Å². The Kier molecular flexibility index (Phi) is 13.9. The number of unbranched alkanes of at least 4 members (excludes halogenated alkanes) is 1. The van der Waals surface area contributed by atoms with E-state index in [0.717, 1.165) is 37.5 Å². The highest BCUT2D eigenvalue weighted by atomic mass is 16.4. The highest BCUT2D eigenvalue weighted by molar-refractivity contribution is 5.96. The van der Waals surface area contributed by atoms with Crippen molar-refractivity contribution in [3.05, 3.63) is 85.0 Å². The van der Waals surface area contributed by atoms with E-state index in [1.807, 2.05) is 0 Å². The van der Waals surface area contributed by atoms with Gasteiger partial charge in [-0.1, -0.05) is 61.9 Å². The van der Waals surface area contributed by atoms with Crippen LogP contribution < -0.4 is 4.90 Å². The summed E-state index contributed by atoms with van der Waals surface area (Å²) in [4.78, 5) is 48.2. The van der Waals surface area contributed by atoms with E-state index in [1.165, 1.54) is 35.9 Å². The van der Waals surface area contributed by atoms with Gasteiger partial charge in [0.15, 0.2) is 0 Å². The van der Waals surface area contributed by atoms with Gasteiger partial charge in [0.05, 0.1) is 5.52 Å². The van der Waals surface area contributed by atoms with Crippen molar-refractivity contribution in [2.75, 3.05) is 37.6 Å². The van der Waals surface area contributed by atoms with E-state index in [1.54, 1.807) is 0 Å². The second-order valence-electron chi connectivity index (χ2n) is 9.11. The van der Waals surface area contributed by atoms with Crippen molar-refractivity contribution in [3.8, 4) is 11.1 Å². The van der Waals surface area contributed by atoms with Gasteiger partial charge in [-0.05, 0) is 36.2 Å². The highest BCUT2D eigenvalue weighted by Crippen LogP contribution is 2.31. The fraction of sp³-hybridized carbons (Fsp3) is 0.258. The zero-order chi connectivity index (χ0) is 30.9. The zero-order valence-electron chi connectivity index (χ0n) is 23.3. The lowest BCUT2D eigenvalue weighted by Gasteiger charge is -2.35. The molecule has 1 saturated heterocycles. The first kappa shape index (κ1) is 33.2. The summed E-state index contributed by atoms with van der Waals surface area (Å²) in [6, 6.07) is 21.4. The van der Waals surface area contributed by atoms with E-state index in [2.05, 4.69) is 77.4 Å². The Bertz CT molecular complexity index is 1330. The number of carbonyl (C=O) groups is 4.